The Morgan fingerprint density at radius 3 is 2.92 bits per heavy atom. The molecule has 0 aliphatic carbocycles. The van der Waals surface area contributed by atoms with Gasteiger partial charge in [0.15, 0.2) is 9.30 Å². The van der Waals surface area contributed by atoms with Crippen molar-refractivity contribution in [3.05, 3.63) is 63.5 Å². The first-order valence-corrected chi connectivity index (χ1v) is 10.1. The van der Waals surface area contributed by atoms with Crippen LogP contribution in [0.2, 0.25) is 0 Å². The number of thiazole rings is 1. The fraction of sp³-hybridized carbons (Fsp3) is 0.125. The molecule has 1 aromatic carbocycles. The molecule has 0 radical (unpaired) electrons. The van der Waals surface area contributed by atoms with Crippen LogP contribution in [0.25, 0.3) is 4.96 Å². The second kappa shape index (κ2) is 6.95. The Bertz CT molecular complexity index is 1070. The Morgan fingerprint density at radius 2 is 2.08 bits per heavy atom. The minimum absolute atomic E-state index is 0.0548. The number of thioether (sulfide) groups is 1. The number of nitrogens with one attached hydrogen (secondary N) is 1. The van der Waals surface area contributed by atoms with E-state index in [4.69, 9.17) is 0 Å². The second-order valence-electron chi connectivity index (χ2n) is 5.29. The van der Waals surface area contributed by atoms with E-state index < -0.39 is 0 Å². The average molecular weight is 388 g/mol. The maximum absolute atomic E-state index is 12.0. The van der Waals surface area contributed by atoms with Crippen molar-refractivity contribution in [1.82, 2.24) is 19.6 Å². The third kappa shape index (κ3) is 3.73. The lowest BCUT2D eigenvalue weighted by atomic mass is 10.2. The van der Waals surface area contributed by atoms with Gasteiger partial charge in [-0.2, -0.15) is 0 Å². The molecule has 0 spiro atoms. The van der Waals surface area contributed by atoms with E-state index in [-0.39, 0.29) is 5.56 Å². The summed E-state index contributed by atoms with van der Waals surface area (Å²) in [7, 11) is 0. The molecule has 0 saturated heterocycles. The minimum Gasteiger partial charge on any atom is -0.330 e. The summed E-state index contributed by atoms with van der Waals surface area (Å²) in [6, 6.07) is 9.68. The number of anilines is 2. The van der Waals surface area contributed by atoms with Crippen molar-refractivity contribution in [1.29, 1.82) is 0 Å². The molecule has 126 valence electrons. The molecule has 0 atom stereocenters. The molecular weight excluding hydrogens is 374 g/mol. The fourth-order valence-electron chi connectivity index (χ4n) is 2.18. The molecule has 0 unspecified atom stereocenters. The van der Waals surface area contributed by atoms with E-state index in [1.807, 2.05) is 29.6 Å². The number of nitrogens with zero attached hydrogens (tertiary/aromatic N) is 4. The molecule has 9 heteroatoms. The molecular formula is C16H13N5OS3. The first-order chi connectivity index (χ1) is 12.2. The maximum Gasteiger partial charge on any atom is 0.258 e. The van der Waals surface area contributed by atoms with E-state index in [0.717, 1.165) is 20.9 Å². The molecule has 0 saturated carbocycles. The van der Waals surface area contributed by atoms with Crippen LogP contribution in [-0.4, -0.2) is 19.6 Å². The molecule has 1 N–H and O–H groups in total. The summed E-state index contributed by atoms with van der Waals surface area (Å²) in [6.07, 6.45) is 1.74. The van der Waals surface area contributed by atoms with E-state index in [2.05, 4.69) is 27.4 Å². The lowest BCUT2D eigenvalue weighted by Crippen LogP contribution is -2.12. The molecule has 0 aliphatic heterocycles. The van der Waals surface area contributed by atoms with Crippen molar-refractivity contribution < 1.29 is 0 Å². The summed E-state index contributed by atoms with van der Waals surface area (Å²) in [5.74, 6) is 0.586. The van der Waals surface area contributed by atoms with Crippen molar-refractivity contribution in [2.75, 3.05) is 5.32 Å². The highest BCUT2D eigenvalue weighted by molar-refractivity contribution is 8.00. The highest BCUT2D eigenvalue weighted by Gasteiger charge is 2.08. The highest BCUT2D eigenvalue weighted by Crippen LogP contribution is 2.29. The predicted octanol–water partition coefficient (Wildman–Crippen LogP) is 3.95. The summed E-state index contributed by atoms with van der Waals surface area (Å²) < 4.78 is 2.38. The monoisotopic (exact) mass is 387 g/mol. The van der Waals surface area contributed by atoms with Gasteiger partial charge in [-0.15, -0.1) is 21.5 Å². The van der Waals surface area contributed by atoms with Crippen LogP contribution in [0.15, 0.2) is 51.0 Å². The Labute approximate surface area is 155 Å². The molecule has 0 amide bonds. The van der Waals surface area contributed by atoms with Gasteiger partial charge in [0.2, 0.25) is 5.13 Å². The molecule has 0 bridgehead atoms. The number of rotatable bonds is 5. The third-order valence-corrected chi connectivity index (χ3v) is 6.17. The van der Waals surface area contributed by atoms with Crippen LogP contribution in [0.5, 0.6) is 0 Å². The lowest BCUT2D eigenvalue weighted by Gasteiger charge is -2.01. The van der Waals surface area contributed by atoms with E-state index in [0.29, 0.717) is 10.7 Å². The maximum atomic E-state index is 12.0. The van der Waals surface area contributed by atoms with Crippen molar-refractivity contribution in [3.63, 3.8) is 0 Å². The summed E-state index contributed by atoms with van der Waals surface area (Å²) in [5.41, 5.74) is 2.89. The summed E-state index contributed by atoms with van der Waals surface area (Å²) in [6.45, 7) is 2.05. The van der Waals surface area contributed by atoms with Crippen molar-refractivity contribution in [2.24, 2.45) is 0 Å². The smallest absolute Gasteiger partial charge is 0.258 e. The Balaban J connectivity index is 1.43. The molecule has 6 nitrogen and oxygen atoms in total. The van der Waals surface area contributed by atoms with Crippen LogP contribution >= 0.6 is 34.4 Å². The Kier molecular flexibility index (Phi) is 4.51. The summed E-state index contributed by atoms with van der Waals surface area (Å²) in [4.78, 5) is 17.2. The van der Waals surface area contributed by atoms with Gasteiger partial charge in [-0.25, -0.2) is 4.98 Å². The third-order valence-electron chi connectivity index (χ3n) is 3.41. The predicted molar refractivity (Wildman–Crippen MR) is 103 cm³/mol. The minimum atomic E-state index is -0.0548. The van der Waals surface area contributed by atoms with Gasteiger partial charge in [0, 0.05) is 29.1 Å². The Morgan fingerprint density at radius 1 is 1.24 bits per heavy atom. The number of benzene rings is 1. The fourth-order valence-corrected chi connectivity index (χ4v) is 4.58. The zero-order chi connectivity index (χ0) is 17.2. The van der Waals surface area contributed by atoms with Gasteiger partial charge in [-0.1, -0.05) is 40.8 Å². The van der Waals surface area contributed by atoms with Gasteiger partial charge in [-0.3, -0.25) is 9.20 Å². The van der Waals surface area contributed by atoms with E-state index >= 15 is 0 Å². The number of aryl methyl sites for hydroxylation is 1. The van der Waals surface area contributed by atoms with E-state index in [9.17, 15) is 4.79 Å². The van der Waals surface area contributed by atoms with Crippen LogP contribution in [-0.2, 0) is 5.75 Å². The number of hydrogen-bond donors (Lipinski definition) is 1. The Hall–Kier alpha value is -2.23. The number of hydrogen-bond acceptors (Lipinski definition) is 8. The van der Waals surface area contributed by atoms with Gasteiger partial charge in [-0.05, 0) is 19.1 Å². The average Bonchev–Trinajstić information content (AvgIpc) is 3.24. The largest absolute Gasteiger partial charge is 0.330 e. The first kappa shape index (κ1) is 16.2. The standard InChI is InChI=1S/C16H13N5OS3/c1-10-2-4-11(5-3-10)17-14-19-20-16(25-14)24-9-12-8-13(22)21-6-7-23-15(21)18-12/h2-8H,9H2,1H3,(H,17,19). The molecule has 0 aliphatic rings. The molecule has 0 fully saturated rings. The van der Waals surface area contributed by atoms with Crippen molar-refractivity contribution in [3.8, 4) is 0 Å². The quantitative estimate of drug-likeness (QED) is 0.523. The SMILES string of the molecule is Cc1ccc(Nc2nnc(SCc3cc(=O)n4ccsc4n3)s2)cc1. The van der Waals surface area contributed by atoms with Crippen molar-refractivity contribution >= 4 is 50.2 Å². The number of fused-ring (bicyclic) bond motifs is 1. The van der Waals surface area contributed by atoms with E-state index in [1.54, 1.807) is 16.7 Å². The highest BCUT2D eigenvalue weighted by atomic mass is 32.2. The van der Waals surface area contributed by atoms with Crippen LogP contribution < -0.4 is 10.9 Å². The normalized spacial score (nSPS) is 11.1. The molecule has 25 heavy (non-hydrogen) atoms. The van der Waals surface area contributed by atoms with Crippen molar-refractivity contribution in [2.45, 2.75) is 17.0 Å². The molecule has 3 heterocycles. The molecule has 4 aromatic rings. The van der Waals surface area contributed by atoms with E-state index in [1.165, 1.54) is 40.0 Å². The lowest BCUT2D eigenvalue weighted by molar-refractivity contribution is 1.01. The van der Waals surface area contributed by atoms with Gasteiger partial charge in [0.1, 0.15) is 0 Å². The van der Waals surface area contributed by atoms with Gasteiger partial charge < -0.3 is 5.32 Å². The first-order valence-electron chi connectivity index (χ1n) is 7.43. The van der Waals surface area contributed by atoms with Crippen LogP contribution in [0, 0.1) is 6.92 Å². The van der Waals surface area contributed by atoms with Gasteiger partial charge in [0.05, 0.1) is 5.69 Å². The van der Waals surface area contributed by atoms with Gasteiger partial charge in [0.25, 0.3) is 5.56 Å². The molecule has 4 rings (SSSR count). The van der Waals surface area contributed by atoms with Crippen LogP contribution in [0.3, 0.4) is 0 Å². The second-order valence-corrected chi connectivity index (χ2v) is 8.37. The topological polar surface area (TPSA) is 72.2 Å². The zero-order valence-corrected chi connectivity index (χ0v) is 15.6. The summed E-state index contributed by atoms with van der Waals surface area (Å²) >= 11 is 4.46. The summed E-state index contributed by atoms with van der Waals surface area (Å²) in [5, 5.41) is 14.2. The zero-order valence-electron chi connectivity index (χ0n) is 13.2. The van der Waals surface area contributed by atoms with Crippen LogP contribution in [0.4, 0.5) is 10.8 Å². The number of aromatic nitrogens is 4. The van der Waals surface area contributed by atoms with Gasteiger partial charge >= 0.3 is 0 Å². The van der Waals surface area contributed by atoms with Crippen LogP contribution in [0.1, 0.15) is 11.3 Å². The molecule has 3 aromatic heterocycles.